The molecule has 0 aromatic heterocycles. The second-order valence-corrected chi connectivity index (χ2v) is 4.33. The first-order valence-electron chi connectivity index (χ1n) is 6.01. The van der Waals surface area contributed by atoms with E-state index in [4.69, 9.17) is 9.57 Å². The Labute approximate surface area is 95.9 Å². The van der Waals surface area contributed by atoms with E-state index in [0.29, 0.717) is 12.6 Å². The molecule has 3 rings (SSSR count). The predicted molar refractivity (Wildman–Crippen MR) is 60.7 cm³/mol. The molecule has 0 N–H and O–H groups in total. The minimum absolute atomic E-state index is 0.0545. The smallest absolute Gasteiger partial charge is 0.179 e. The summed E-state index contributed by atoms with van der Waals surface area (Å²) in [5.74, 6) is 0. The van der Waals surface area contributed by atoms with E-state index in [-0.39, 0.29) is 6.29 Å². The quantitative estimate of drug-likeness (QED) is 0.761. The van der Waals surface area contributed by atoms with Crippen molar-refractivity contribution in [2.24, 2.45) is 0 Å². The maximum atomic E-state index is 5.77. The van der Waals surface area contributed by atoms with E-state index in [0.717, 1.165) is 19.4 Å². The molecule has 0 saturated carbocycles. The molecule has 1 aromatic rings. The molecule has 2 heterocycles. The summed E-state index contributed by atoms with van der Waals surface area (Å²) in [5.41, 5.74) is 2.88. The second kappa shape index (κ2) is 4.17. The SMILES string of the molecule is CCO[C@@H]1C[C@H]2c3ccccc3CCN2O1. The van der Waals surface area contributed by atoms with Gasteiger partial charge < -0.3 is 4.74 Å². The van der Waals surface area contributed by atoms with Crippen molar-refractivity contribution in [2.45, 2.75) is 32.1 Å². The molecule has 2 atom stereocenters. The van der Waals surface area contributed by atoms with E-state index in [1.165, 1.54) is 11.1 Å². The molecule has 1 saturated heterocycles. The Morgan fingerprint density at radius 1 is 1.44 bits per heavy atom. The van der Waals surface area contributed by atoms with Crippen LogP contribution in [0.15, 0.2) is 24.3 Å². The summed E-state index contributed by atoms with van der Waals surface area (Å²) in [6.45, 7) is 3.70. The zero-order valence-corrected chi connectivity index (χ0v) is 9.56. The van der Waals surface area contributed by atoms with Gasteiger partial charge in [-0.05, 0) is 24.5 Å². The van der Waals surface area contributed by atoms with E-state index in [9.17, 15) is 0 Å². The van der Waals surface area contributed by atoms with Gasteiger partial charge in [-0.1, -0.05) is 24.3 Å². The minimum atomic E-state index is -0.0545. The Kier molecular flexibility index (Phi) is 2.67. The number of ether oxygens (including phenoxy) is 1. The molecule has 3 nitrogen and oxygen atoms in total. The van der Waals surface area contributed by atoms with Gasteiger partial charge in [0.05, 0.1) is 6.04 Å². The van der Waals surface area contributed by atoms with Crippen LogP contribution in [0.25, 0.3) is 0 Å². The Morgan fingerprint density at radius 3 is 3.19 bits per heavy atom. The van der Waals surface area contributed by atoms with Crippen molar-refractivity contribution in [3.05, 3.63) is 35.4 Å². The van der Waals surface area contributed by atoms with Gasteiger partial charge in [0.15, 0.2) is 6.29 Å². The molecule has 2 aliphatic rings. The molecular formula is C13H17NO2. The number of hydrogen-bond acceptors (Lipinski definition) is 3. The highest BCUT2D eigenvalue weighted by Crippen LogP contribution is 2.39. The van der Waals surface area contributed by atoms with Gasteiger partial charge in [0.2, 0.25) is 0 Å². The van der Waals surface area contributed by atoms with E-state index < -0.39 is 0 Å². The van der Waals surface area contributed by atoms with Gasteiger partial charge in [-0.2, -0.15) is 5.06 Å². The predicted octanol–water partition coefficient (Wildman–Crippen LogP) is 2.28. The Balaban J connectivity index is 1.84. The first-order valence-corrected chi connectivity index (χ1v) is 6.01. The molecule has 3 heteroatoms. The van der Waals surface area contributed by atoms with Crippen LogP contribution in [0.2, 0.25) is 0 Å². The van der Waals surface area contributed by atoms with Crippen LogP contribution in [0.5, 0.6) is 0 Å². The van der Waals surface area contributed by atoms with Gasteiger partial charge in [-0.3, -0.25) is 4.84 Å². The summed E-state index contributed by atoms with van der Waals surface area (Å²) in [6, 6.07) is 9.05. The topological polar surface area (TPSA) is 21.7 Å². The molecule has 16 heavy (non-hydrogen) atoms. The second-order valence-electron chi connectivity index (χ2n) is 4.33. The summed E-state index contributed by atoms with van der Waals surface area (Å²) in [6.07, 6.45) is 1.97. The van der Waals surface area contributed by atoms with Crippen LogP contribution in [0.1, 0.15) is 30.5 Å². The van der Waals surface area contributed by atoms with Crippen LogP contribution in [0, 0.1) is 0 Å². The summed E-state index contributed by atoms with van der Waals surface area (Å²) in [4.78, 5) is 5.77. The fraction of sp³-hybridized carbons (Fsp3) is 0.538. The fourth-order valence-electron chi connectivity index (χ4n) is 2.66. The molecule has 0 aliphatic carbocycles. The van der Waals surface area contributed by atoms with Crippen molar-refractivity contribution in [3.63, 3.8) is 0 Å². The number of fused-ring (bicyclic) bond motifs is 3. The highest BCUT2D eigenvalue weighted by Gasteiger charge is 2.38. The largest absolute Gasteiger partial charge is 0.351 e. The lowest BCUT2D eigenvalue weighted by Crippen LogP contribution is -2.30. The van der Waals surface area contributed by atoms with Gasteiger partial charge in [-0.15, -0.1) is 0 Å². The van der Waals surface area contributed by atoms with Gasteiger partial charge in [0.25, 0.3) is 0 Å². The van der Waals surface area contributed by atoms with Crippen LogP contribution in [0.4, 0.5) is 0 Å². The zero-order valence-electron chi connectivity index (χ0n) is 9.56. The third kappa shape index (κ3) is 1.65. The third-order valence-corrected chi connectivity index (χ3v) is 3.38. The van der Waals surface area contributed by atoms with Gasteiger partial charge in [-0.25, -0.2) is 0 Å². The lowest BCUT2D eigenvalue weighted by Gasteiger charge is -2.29. The van der Waals surface area contributed by atoms with Crippen LogP contribution in [0.3, 0.4) is 0 Å². The fourth-order valence-corrected chi connectivity index (χ4v) is 2.66. The van der Waals surface area contributed by atoms with E-state index in [2.05, 4.69) is 29.3 Å². The van der Waals surface area contributed by atoms with Crippen molar-refractivity contribution in [1.29, 1.82) is 0 Å². The summed E-state index contributed by atoms with van der Waals surface area (Å²) >= 11 is 0. The van der Waals surface area contributed by atoms with Crippen molar-refractivity contribution in [1.82, 2.24) is 5.06 Å². The molecule has 1 fully saturated rings. The van der Waals surface area contributed by atoms with Gasteiger partial charge in [0, 0.05) is 19.6 Å². The standard InChI is InChI=1S/C13H17NO2/c1-2-15-13-9-12-11-6-4-3-5-10(11)7-8-14(12)16-13/h3-6,12-13H,2,7-9H2,1H3/t12-,13-/m0/s1. The van der Waals surface area contributed by atoms with Gasteiger partial charge >= 0.3 is 0 Å². The molecule has 0 unspecified atom stereocenters. The molecule has 2 aliphatic heterocycles. The van der Waals surface area contributed by atoms with Crippen molar-refractivity contribution >= 4 is 0 Å². The third-order valence-electron chi connectivity index (χ3n) is 3.38. The van der Waals surface area contributed by atoms with Crippen LogP contribution in [-0.2, 0) is 16.0 Å². The number of hydroxylamine groups is 2. The van der Waals surface area contributed by atoms with Crippen LogP contribution < -0.4 is 0 Å². The first kappa shape index (κ1) is 10.3. The molecule has 0 spiro atoms. The minimum Gasteiger partial charge on any atom is -0.351 e. The van der Waals surface area contributed by atoms with E-state index in [1.54, 1.807) is 0 Å². The molecular weight excluding hydrogens is 202 g/mol. The van der Waals surface area contributed by atoms with Crippen LogP contribution in [-0.4, -0.2) is 24.5 Å². The Morgan fingerprint density at radius 2 is 2.31 bits per heavy atom. The maximum Gasteiger partial charge on any atom is 0.179 e. The summed E-state index contributed by atoms with van der Waals surface area (Å²) in [5, 5.41) is 2.09. The normalized spacial score (nSPS) is 28.8. The number of benzene rings is 1. The van der Waals surface area contributed by atoms with Gasteiger partial charge in [0.1, 0.15) is 0 Å². The lowest BCUT2D eigenvalue weighted by molar-refractivity contribution is -0.240. The highest BCUT2D eigenvalue weighted by atomic mass is 16.8. The zero-order chi connectivity index (χ0) is 11.0. The van der Waals surface area contributed by atoms with E-state index in [1.807, 2.05) is 6.92 Å². The molecule has 86 valence electrons. The number of rotatable bonds is 2. The number of hydrogen-bond donors (Lipinski definition) is 0. The van der Waals surface area contributed by atoms with Crippen molar-refractivity contribution in [2.75, 3.05) is 13.2 Å². The number of nitrogens with zero attached hydrogens (tertiary/aromatic N) is 1. The molecule has 1 aromatic carbocycles. The highest BCUT2D eigenvalue weighted by molar-refractivity contribution is 5.32. The van der Waals surface area contributed by atoms with Crippen LogP contribution >= 0.6 is 0 Å². The van der Waals surface area contributed by atoms with Crippen molar-refractivity contribution in [3.8, 4) is 0 Å². The Hall–Kier alpha value is -0.900. The molecule has 0 bridgehead atoms. The van der Waals surface area contributed by atoms with Crippen molar-refractivity contribution < 1.29 is 9.57 Å². The molecule has 0 radical (unpaired) electrons. The average Bonchev–Trinajstić information content (AvgIpc) is 2.72. The summed E-state index contributed by atoms with van der Waals surface area (Å²) in [7, 11) is 0. The molecule has 0 amide bonds. The summed E-state index contributed by atoms with van der Waals surface area (Å²) < 4.78 is 5.55. The lowest BCUT2D eigenvalue weighted by atomic mass is 9.93. The van der Waals surface area contributed by atoms with E-state index >= 15 is 0 Å². The Bertz CT molecular complexity index is 380. The average molecular weight is 219 g/mol. The monoisotopic (exact) mass is 219 g/mol. The first-order chi connectivity index (χ1) is 7.88. The maximum absolute atomic E-state index is 5.77.